The van der Waals surface area contributed by atoms with E-state index in [0.29, 0.717) is 16.5 Å². The molecule has 4 unspecified atom stereocenters. The fourth-order valence-corrected chi connectivity index (χ4v) is 5.59. The van der Waals surface area contributed by atoms with Gasteiger partial charge in [0.25, 0.3) is 0 Å². The smallest absolute Gasteiger partial charge is 0.139 e. The molecule has 2 fully saturated rings. The first kappa shape index (κ1) is 21.2. The maximum atomic E-state index is 14.7. The Bertz CT molecular complexity index is 933. The molecule has 0 aliphatic heterocycles. The summed E-state index contributed by atoms with van der Waals surface area (Å²) in [5, 5.41) is 0.677. The zero-order chi connectivity index (χ0) is 20.9. The first-order valence-corrected chi connectivity index (χ1v) is 11.7. The van der Waals surface area contributed by atoms with Crippen LogP contribution in [0.15, 0.2) is 55.1 Å². The third-order valence-electron chi connectivity index (χ3n) is 7.15. The van der Waals surface area contributed by atoms with E-state index >= 15 is 0 Å². The minimum atomic E-state index is -0.204. The second-order valence-corrected chi connectivity index (χ2v) is 9.51. The van der Waals surface area contributed by atoms with Crippen LogP contribution < -0.4 is 0 Å². The van der Waals surface area contributed by atoms with E-state index in [2.05, 4.69) is 30.6 Å². The summed E-state index contributed by atoms with van der Waals surface area (Å²) in [4.78, 5) is 0. The molecule has 2 aromatic carbocycles. The lowest BCUT2D eigenvalue weighted by atomic mass is 9.63. The van der Waals surface area contributed by atoms with Crippen LogP contribution in [0.2, 0.25) is 5.02 Å². The molecular formula is C28H30ClF. The van der Waals surface area contributed by atoms with E-state index in [-0.39, 0.29) is 5.82 Å². The molecule has 2 aliphatic carbocycles. The van der Waals surface area contributed by atoms with Crippen molar-refractivity contribution in [1.29, 1.82) is 0 Å². The number of allylic oxidation sites excluding steroid dienone is 1. The van der Waals surface area contributed by atoms with Gasteiger partial charge in [-0.25, -0.2) is 4.39 Å². The average molecular weight is 421 g/mol. The van der Waals surface area contributed by atoms with Crippen LogP contribution in [0, 0.1) is 35.4 Å². The molecule has 156 valence electrons. The topological polar surface area (TPSA) is 0 Å². The van der Waals surface area contributed by atoms with Crippen molar-refractivity contribution in [3.63, 3.8) is 0 Å². The van der Waals surface area contributed by atoms with Gasteiger partial charge in [-0.2, -0.15) is 0 Å². The molecule has 0 saturated heterocycles. The second-order valence-electron chi connectivity index (χ2n) is 9.07. The SMILES string of the molecule is C=CCCC1CCC2CC(c3ccc(C#Cc4ccc(Cl)cc4)c(F)c3)CCC2C1. The Kier molecular flexibility index (Phi) is 6.96. The van der Waals surface area contributed by atoms with Gasteiger partial charge in [0.2, 0.25) is 0 Å². The van der Waals surface area contributed by atoms with Crippen molar-refractivity contribution in [3.8, 4) is 11.8 Å². The van der Waals surface area contributed by atoms with Crippen LogP contribution in [0.5, 0.6) is 0 Å². The Morgan fingerprint density at radius 1 is 0.967 bits per heavy atom. The molecule has 2 aromatic rings. The lowest BCUT2D eigenvalue weighted by Gasteiger charge is -2.42. The molecule has 30 heavy (non-hydrogen) atoms. The average Bonchev–Trinajstić information content (AvgIpc) is 2.77. The van der Waals surface area contributed by atoms with Crippen molar-refractivity contribution in [2.75, 3.05) is 0 Å². The Morgan fingerprint density at radius 2 is 1.73 bits per heavy atom. The van der Waals surface area contributed by atoms with Crippen molar-refractivity contribution >= 4 is 11.6 Å². The number of fused-ring (bicyclic) bond motifs is 1. The van der Waals surface area contributed by atoms with E-state index in [1.807, 2.05) is 18.2 Å². The molecule has 4 rings (SSSR count). The number of halogens is 2. The molecule has 0 aromatic heterocycles. The van der Waals surface area contributed by atoms with Gasteiger partial charge in [-0.15, -0.1) is 6.58 Å². The number of hydrogen-bond acceptors (Lipinski definition) is 0. The number of rotatable bonds is 4. The highest BCUT2D eigenvalue weighted by molar-refractivity contribution is 6.30. The highest BCUT2D eigenvalue weighted by Crippen LogP contribution is 2.48. The predicted molar refractivity (Wildman–Crippen MR) is 124 cm³/mol. The standard InChI is InChI=1S/C28H30ClF/c1-2-3-4-21-6-10-24-18-25(14-13-23(24)17-21)26-12-11-22(28(30)19-26)9-5-20-7-15-27(29)16-8-20/h2,7-8,11-12,15-16,19,21,23-25H,1,3-4,6,10,13-14,17-18H2. The molecule has 0 radical (unpaired) electrons. The van der Waals surface area contributed by atoms with Gasteiger partial charge < -0.3 is 0 Å². The summed E-state index contributed by atoms with van der Waals surface area (Å²) in [5.41, 5.74) is 2.45. The number of hydrogen-bond donors (Lipinski definition) is 0. The molecule has 4 atom stereocenters. The largest absolute Gasteiger partial charge is 0.206 e. The summed E-state index contributed by atoms with van der Waals surface area (Å²) in [6, 6.07) is 13.0. The van der Waals surface area contributed by atoms with E-state index in [1.165, 1.54) is 44.9 Å². The zero-order valence-electron chi connectivity index (χ0n) is 17.5. The molecule has 2 aliphatic rings. The Balaban J connectivity index is 1.39. The lowest BCUT2D eigenvalue weighted by Crippen LogP contribution is -2.30. The minimum Gasteiger partial charge on any atom is -0.206 e. The van der Waals surface area contributed by atoms with E-state index in [9.17, 15) is 4.39 Å². The van der Waals surface area contributed by atoms with Crippen LogP contribution >= 0.6 is 11.6 Å². The summed E-state index contributed by atoms with van der Waals surface area (Å²) in [6.07, 6.45) is 12.3. The molecule has 0 N–H and O–H groups in total. The first-order chi connectivity index (χ1) is 14.6. The fourth-order valence-electron chi connectivity index (χ4n) is 5.46. The van der Waals surface area contributed by atoms with Crippen molar-refractivity contribution < 1.29 is 4.39 Å². The van der Waals surface area contributed by atoms with Crippen LogP contribution in [0.1, 0.15) is 74.0 Å². The van der Waals surface area contributed by atoms with Gasteiger partial charge in [0, 0.05) is 10.6 Å². The summed E-state index contributed by atoms with van der Waals surface area (Å²) in [6.45, 7) is 3.87. The second kappa shape index (κ2) is 9.84. The Morgan fingerprint density at radius 3 is 2.50 bits per heavy atom. The van der Waals surface area contributed by atoms with Gasteiger partial charge in [-0.3, -0.25) is 0 Å². The first-order valence-electron chi connectivity index (χ1n) is 11.3. The van der Waals surface area contributed by atoms with Gasteiger partial charge in [-0.1, -0.05) is 42.0 Å². The van der Waals surface area contributed by atoms with Crippen LogP contribution in [-0.2, 0) is 0 Å². The van der Waals surface area contributed by atoms with Crippen molar-refractivity contribution in [3.05, 3.63) is 82.6 Å². The zero-order valence-corrected chi connectivity index (χ0v) is 18.3. The third kappa shape index (κ3) is 5.16. The maximum absolute atomic E-state index is 14.7. The minimum absolute atomic E-state index is 0.204. The molecule has 0 nitrogen and oxygen atoms in total. The maximum Gasteiger partial charge on any atom is 0.139 e. The summed E-state index contributed by atoms with van der Waals surface area (Å²) >= 11 is 5.90. The quantitative estimate of drug-likeness (QED) is 0.345. The highest BCUT2D eigenvalue weighted by Gasteiger charge is 2.35. The van der Waals surface area contributed by atoms with E-state index in [0.717, 1.165) is 35.3 Å². The number of benzene rings is 2. The lowest BCUT2D eigenvalue weighted by molar-refractivity contribution is 0.115. The van der Waals surface area contributed by atoms with Crippen LogP contribution in [-0.4, -0.2) is 0 Å². The van der Waals surface area contributed by atoms with Crippen molar-refractivity contribution in [1.82, 2.24) is 0 Å². The van der Waals surface area contributed by atoms with Gasteiger partial charge in [0.15, 0.2) is 0 Å². The van der Waals surface area contributed by atoms with Crippen molar-refractivity contribution in [2.45, 2.75) is 57.3 Å². The predicted octanol–water partition coefficient (Wildman–Crippen LogP) is 8.15. The molecule has 0 heterocycles. The van der Waals surface area contributed by atoms with Crippen LogP contribution in [0.3, 0.4) is 0 Å². The summed E-state index contributed by atoms with van der Waals surface area (Å²) in [5.74, 6) is 8.86. The molecular weight excluding hydrogens is 391 g/mol. The molecule has 0 bridgehead atoms. The van der Waals surface area contributed by atoms with Gasteiger partial charge in [0.05, 0.1) is 5.56 Å². The van der Waals surface area contributed by atoms with Crippen molar-refractivity contribution in [2.24, 2.45) is 17.8 Å². The van der Waals surface area contributed by atoms with Gasteiger partial charge >= 0.3 is 0 Å². The normalized spacial score (nSPS) is 25.7. The molecule has 0 spiro atoms. The van der Waals surface area contributed by atoms with Crippen LogP contribution in [0.4, 0.5) is 4.39 Å². The molecule has 2 heteroatoms. The Labute approximate surface area is 185 Å². The van der Waals surface area contributed by atoms with Gasteiger partial charge in [-0.05, 0) is 111 Å². The van der Waals surface area contributed by atoms with E-state index in [1.54, 1.807) is 18.2 Å². The third-order valence-corrected chi connectivity index (χ3v) is 7.40. The van der Waals surface area contributed by atoms with Crippen LogP contribution in [0.25, 0.3) is 0 Å². The highest BCUT2D eigenvalue weighted by atomic mass is 35.5. The van der Waals surface area contributed by atoms with Gasteiger partial charge in [0.1, 0.15) is 5.82 Å². The summed E-state index contributed by atoms with van der Waals surface area (Å²) in [7, 11) is 0. The fraction of sp³-hybridized carbons (Fsp3) is 0.429. The summed E-state index contributed by atoms with van der Waals surface area (Å²) < 4.78 is 14.7. The Hall–Kier alpha value is -2.04. The monoisotopic (exact) mass is 420 g/mol. The molecule has 2 saturated carbocycles. The van der Waals surface area contributed by atoms with E-state index in [4.69, 9.17) is 11.6 Å². The van der Waals surface area contributed by atoms with E-state index < -0.39 is 0 Å². The molecule has 0 amide bonds.